The second-order valence-electron chi connectivity index (χ2n) is 10.4. The molecular weight excluding hydrogens is 459 g/mol. The van der Waals surface area contributed by atoms with Gasteiger partial charge in [0.05, 0.1) is 24.9 Å². The number of aliphatic hydroxyl groups excluding tert-OH is 1. The second kappa shape index (κ2) is 11.8. The van der Waals surface area contributed by atoms with Gasteiger partial charge in [-0.15, -0.1) is 0 Å². The minimum atomic E-state index is -0.784. The van der Waals surface area contributed by atoms with E-state index < -0.39 is 11.7 Å². The van der Waals surface area contributed by atoms with Gasteiger partial charge in [0.25, 0.3) is 0 Å². The van der Waals surface area contributed by atoms with E-state index in [-0.39, 0.29) is 23.7 Å². The van der Waals surface area contributed by atoms with Crippen molar-refractivity contribution in [2.45, 2.75) is 62.7 Å². The summed E-state index contributed by atoms with van der Waals surface area (Å²) in [5.74, 6) is -0.543. The Kier molecular flexibility index (Phi) is 8.78. The molecule has 2 fully saturated rings. The number of carbonyl (C=O) groups is 1. The molecule has 1 aliphatic heterocycles. The number of hydrogen-bond donors (Lipinski definition) is 2. The highest BCUT2D eigenvalue weighted by Gasteiger charge is 2.53. The molecule has 1 saturated heterocycles. The highest BCUT2D eigenvalue weighted by atomic mass is 19.1. The number of amides is 1. The van der Waals surface area contributed by atoms with Crippen LogP contribution in [0.1, 0.15) is 49.1 Å². The van der Waals surface area contributed by atoms with Crippen LogP contribution in [-0.4, -0.2) is 67.6 Å². The summed E-state index contributed by atoms with van der Waals surface area (Å²) in [6, 6.07) is 12.8. The molecule has 196 valence electrons. The van der Waals surface area contributed by atoms with Gasteiger partial charge in [-0.2, -0.15) is 0 Å². The minimum Gasteiger partial charge on any atom is -0.392 e. The number of morpholine rings is 1. The zero-order chi connectivity index (χ0) is 25.7. The Morgan fingerprint density at radius 1 is 1.28 bits per heavy atom. The van der Waals surface area contributed by atoms with Crippen molar-refractivity contribution in [1.29, 1.82) is 0 Å². The summed E-state index contributed by atoms with van der Waals surface area (Å²) < 4.78 is 27.6. The number of nitrogens with two attached hydrogens (primary N) is 1. The first-order valence-electron chi connectivity index (χ1n) is 13.0. The standard InChI is InChI=1S/C29H39FN2O4/c1-20-7-5-8-21(15-20)28-23(9-6-11-25(28)30)24(10-3-4-13-35-2)29(18-32(19-33)12-14-36-29)22-16-26(31)27(34)17-22/h5-9,11,15,19,22,24,26-27,34H,3-4,10,12-14,16-18,31H2,1-2H3/t22-,24-,26+,27-,29-/m0/s1. The van der Waals surface area contributed by atoms with Crippen molar-refractivity contribution in [3.63, 3.8) is 0 Å². The number of unbranched alkanes of at least 4 members (excludes halogenated alkanes) is 1. The lowest BCUT2D eigenvalue weighted by Crippen LogP contribution is -2.58. The fourth-order valence-electron chi connectivity index (χ4n) is 6.27. The van der Waals surface area contributed by atoms with Crippen LogP contribution in [0, 0.1) is 18.7 Å². The molecule has 0 unspecified atom stereocenters. The smallest absolute Gasteiger partial charge is 0.209 e. The van der Waals surface area contributed by atoms with Crippen LogP contribution in [-0.2, 0) is 14.3 Å². The van der Waals surface area contributed by atoms with E-state index in [1.165, 1.54) is 6.07 Å². The molecule has 3 N–H and O–H groups in total. The largest absolute Gasteiger partial charge is 0.392 e. The van der Waals surface area contributed by atoms with Crippen LogP contribution in [0.2, 0.25) is 0 Å². The molecule has 1 aliphatic carbocycles. The number of aliphatic hydroxyl groups is 1. The highest BCUT2D eigenvalue weighted by Crippen LogP contribution is 2.50. The van der Waals surface area contributed by atoms with Gasteiger partial charge in [0, 0.05) is 37.8 Å². The van der Waals surface area contributed by atoms with Crippen molar-refractivity contribution in [3.8, 4) is 11.1 Å². The van der Waals surface area contributed by atoms with E-state index in [9.17, 15) is 9.90 Å². The van der Waals surface area contributed by atoms with Gasteiger partial charge >= 0.3 is 0 Å². The number of carbonyl (C=O) groups excluding carboxylic acids is 1. The quantitative estimate of drug-likeness (QED) is 0.382. The predicted molar refractivity (Wildman–Crippen MR) is 138 cm³/mol. The monoisotopic (exact) mass is 498 g/mol. The highest BCUT2D eigenvalue weighted by molar-refractivity contribution is 5.70. The molecule has 2 aliphatic rings. The fraction of sp³-hybridized carbons (Fsp3) is 0.552. The van der Waals surface area contributed by atoms with Crippen molar-refractivity contribution in [3.05, 3.63) is 59.4 Å². The molecular formula is C29H39FN2O4. The summed E-state index contributed by atoms with van der Waals surface area (Å²) in [6.45, 7) is 3.93. The molecule has 0 aromatic heterocycles. The molecule has 2 aromatic rings. The van der Waals surface area contributed by atoms with Crippen molar-refractivity contribution in [2.75, 3.05) is 33.4 Å². The maximum absolute atomic E-state index is 15.6. The van der Waals surface area contributed by atoms with E-state index in [1.807, 2.05) is 37.3 Å². The van der Waals surface area contributed by atoms with Gasteiger partial charge in [-0.05, 0) is 55.7 Å². The molecule has 2 aromatic carbocycles. The minimum absolute atomic E-state index is 0.0636. The van der Waals surface area contributed by atoms with E-state index in [0.717, 1.165) is 42.4 Å². The first kappa shape index (κ1) is 26.7. The van der Waals surface area contributed by atoms with Gasteiger partial charge < -0.3 is 25.2 Å². The Labute approximate surface area is 213 Å². The summed E-state index contributed by atoms with van der Waals surface area (Å²) in [5, 5.41) is 10.6. The maximum Gasteiger partial charge on any atom is 0.209 e. The third kappa shape index (κ3) is 5.49. The molecule has 0 bridgehead atoms. The molecule has 5 atom stereocenters. The summed E-state index contributed by atoms with van der Waals surface area (Å²) in [6.07, 6.45) is 3.80. The topological polar surface area (TPSA) is 85.0 Å². The van der Waals surface area contributed by atoms with Crippen LogP contribution in [0.15, 0.2) is 42.5 Å². The van der Waals surface area contributed by atoms with E-state index >= 15 is 4.39 Å². The summed E-state index contributed by atoms with van der Waals surface area (Å²) >= 11 is 0. The van der Waals surface area contributed by atoms with Crippen LogP contribution in [0.25, 0.3) is 11.1 Å². The number of methoxy groups -OCH3 is 1. The SMILES string of the molecule is COCCCC[C@@H](c1cccc(F)c1-c1cccc(C)c1)[C@@]1([C@H]2C[C@@H](N)[C@@H](O)C2)CN(C=O)CCO1. The van der Waals surface area contributed by atoms with Gasteiger partial charge in [-0.1, -0.05) is 48.4 Å². The van der Waals surface area contributed by atoms with Crippen molar-refractivity contribution < 1.29 is 23.8 Å². The maximum atomic E-state index is 15.6. The molecule has 36 heavy (non-hydrogen) atoms. The van der Waals surface area contributed by atoms with Crippen molar-refractivity contribution in [2.24, 2.45) is 11.7 Å². The Morgan fingerprint density at radius 2 is 2.08 bits per heavy atom. The van der Waals surface area contributed by atoms with Gasteiger partial charge in [0.15, 0.2) is 0 Å². The Morgan fingerprint density at radius 3 is 2.78 bits per heavy atom. The van der Waals surface area contributed by atoms with Gasteiger partial charge in [-0.3, -0.25) is 4.79 Å². The lowest BCUT2D eigenvalue weighted by molar-refractivity contribution is -0.164. The van der Waals surface area contributed by atoms with E-state index in [1.54, 1.807) is 18.1 Å². The number of rotatable bonds is 10. The van der Waals surface area contributed by atoms with Gasteiger partial charge in [0.1, 0.15) is 5.82 Å². The first-order chi connectivity index (χ1) is 17.4. The van der Waals surface area contributed by atoms with Crippen LogP contribution in [0.5, 0.6) is 0 Å². The van der Waals surface area contributed by atoms with Crippen LogP contribution in [0.3, 0.4) is 0 Å². The molecule has 7 heteroatoms. The third-order valence-corrected chi connectivity index (χ3v) is 8.03. The number of benzene rings is 2. The molecule has 6 nitrogen and oxygen atoms in total. The van der Waals surface area contributed by atoms with Crippen LogP contribution >= 0.6 is 0 Å². The third-order valence-electron chi connectivity index (χ3n) is 8.03. The Hall–Kier alpha value is -2.32. The van der Waals surface area contributed by atoms with Gasteiger partial charge in [-0.25, -0.2) is 4.39 Å². The van der Waals surface area contributed by atoms with Crippen LogP contribution < -0.4 is 5.73 Å². The zero-order valence-electron chi connectivity index (χ0n) is 21.4. The summed E-state index contributed by atoms with van der Waals surface area (Å²) in [5.41, 5.74) is 8.82. The number of hydrogen-bond acceptors (Lipinski definition) is 5. The summed E-state index contributed by atoms with van der Waals surface area (Å²) in [7, 11) is 1.69. The lowest BCUT2D eigenvalue weighted by atomic mass is 9.68. The first-order valence-corrected chi connectivity index (χ1v) is 13.0. The average Bonchev–Trinajstić information content (AvgIpc) is 3.22. The molecule has 1 heterocycles. The Balaban J connectivity index is 1.86. The van der Waals surface area contributed by atoms with E-state index in [4.69, 9.17) is 15.2 Å². The number of halogens is 1. The van der Waals surface area contributed by atoms with Crippen LogP contribution in [0.4, 0.5) is 4.39 Å². The molecule has 0 radical (unpaired) electrons. The zero-order valence-corrected chi connectivity index (χ0v) is 21.4. The van der Waals surface area contributed by atoms with E-state index in [0.29, 0.717) is 44.7 Å². The lowest BCUT2D eigenvalue weighted by Gasteiger charge is -2.50. The molecule has 1 saturated carbocycles. The Bertz CT molecular complexity index is 1020. The van der Waals surface area contributed by atoms with Crippen molar-refractivity contribution in [1.82, 2.24) is 4.90 Å². The molecule has 4 rings (SSSR count). The van der Waals surface area contributed by atoms with E-state index in [2.05, 4.69) is 0 Å². The number of nitrogens with zero attached hydrogens (tertiary/aromatic N) is 1. The van der Waals surface area contributed by atoms with Gasteiger partial charge in [0.2, 0.25) is 6.41 Å². The normalized spacial score (nSPS) is 27.2. The number of aryl methyl sites for hydroxylation is 1. The predicted octanol–water partition coefficient (Wildman–Crippen LogP) is 4.03. The molecule has 1 amide bonds. The number of ether oxygens (including phenoxy) is 2. The molecule has 0 spiro atoms. The second-order valence-corrected chi connectivity index (χ2v) is 10.4. The average molecular weight is 499 g/mol. The summed E-state index contributed by atoms with van der Waals surface area (Å²) in [4.78, 5) is 13.7. The van der Waals surface area contributed by atoms with Crippen molar-refractivity contribution >= 4 is 6.41 Å². The fourth-order valence-corrected chi connectivity index (χ4v) is 6.27.